The number of benzene rings is 1. The van der Waals surface area contributed by atoms with Gasteiger partial charge in [0.2, 0.25) is 10.0 Å². The monoisotopic (exact) mass is 416 g/mol. The van der Waals surface area contributed by atoms with Crippen molar-refractivity contribution in [3.63, 3.8) is 0 Å². The van der Waals surface area contributed by atoms with E-state index in [0.29, 0.717) is 11.0 Å². The molecule has 0 aromatic heterocycles. The Kier molecular flexibility index (Phi) is 7.43. The molecule has 2 atom stereocenters. The zero-order valence-electron chi connectivity index (χ0n) is 11.4. The molecule has 21 heavy (non-hydrogen) atoms. The van der Waals surface area contributed by atoms with Gasteiger partial charge in [-0.05, 0) is 43.5 Å². The van der Waals surface area contributed by atoms with Gasteiger partial charge in [-0.15, -0.1) is 12.4 Å². The summed E-state index contributed by atoms with van der Waals surface area (Å²) in [6.45, 7) is 0.499. The Labute approximate surface area is 145 Å². The number of rotatable bonds is 4. The third-order valence-electron chi connectivity index (χ3n) is 3.70. The summed E-state index contributed by atoms with van der Waals surface area (Å²) >= 11 is 9.27. The highest BCUT2D eigenvalue weighted by atomic mass is 79.9. The van der Waals surface area contributed by atoms with E-state index in [1.54, 1.807) is 12.1 Å². The van der Waals surface area contributed by atoms with Crippen molar-refractivity contribution in [2.24, 2.45) is 11.7 Å². The maximum atomic E-state index is 12.5. The minimum absolute atomic E-state index is 0. The molecule has 0 bridgehead atoms. The van der Waals surface area contributed by atoms with Crippen LogP contribution in [0.5, 0.6) is 0 Å². The van der Waals surface area contributed by atoms with Crippen LogP contribution in [0.4, 0.5) is 0 Å². The number of hydrogen-bond acceptors (Lipinski definition) is 3. The highest BCUT2D eigenvalue weighted by molar-refractivity contribution is 9.10. The van der Waals surface area contributed by atoms with Crippen molar-refractivity contribution in [3.8, 4) is 0 Å². The average molecular weight is 418 g/mol. The quantitative estimate of drug-likeness (QED) is 0.788. The first kappa shape index (κ1) is 19.2. The van der Waals surface area contributed by atoms with Crippen LogP contribution in [0.2, 0.25) is 5.02 Å². The van der Waals surface area contributed by atoms with Gasteiger partial charge < -0.3 is 5.73 Å². The summed E-state index contributed by atoms with van der Waals surface area (Å²) in [5.74, 6) is 0.199. The van der Waals surface area contributed by atoms with E-state index >= 15 is 0 Å². The second kappa shape index (κ2) is 8.13. The Morgan fingerprint density at radius 1 is 1.33 bits per heavy atom. The molecule has 0 radical (unpaired) electrons. The Morgan fingerprint density at radius 2 is 2.00 bits per heavy atom. The Bertz CT molecular complexity index is 584. The van der Waals surface area contributed by atoms with Gasteiger partial charge in [0.25, 0.3) is 0 Å². The number of hydrogen-bond donors (Lipinski definition) is 2. The van der Waals surface area contributed by atoms with E-state index in [1.165, 1.54) is 6.07 Å². The predicted octanol–water partition coefficient (Wildman–Crippen LogP) is 3.32. The van der Waals surface area contributed by atoms with Crippen molar-refractivity contribution in [1.29, 1.82) is 0 Å². The van der Waals surface area contributed by atoms with Crippen LogP contribution < -0.4 is 10.5 Å². The predicted molar refractivity (Wildman–Crippen MR) is 91.5 cm³/mol. The molecule has 0 heterocycles. The smallest absolute Gasteiger partial charge is 0.242 e. The number of nitrogens with two attached hydrogens (primary N) is 1. The van der Waals surface area contributed by atoms with Gasteiger partial charge in [0.1, 0.15) is 4.90 Å². The molecule has 2 rings (SSSR count). The molecule has 1 aliphatic rings. The number of nitrogens with one attached hydrogen (secondary N) is 1. The summed E-state index contributed by atoms with van der Waals surface area (Å²) in [4.78, 5) is 0.106. The molecule has 2 unspecified atom stereocenters. The molecule has 1 saturated carbocycles. The summed E-state index contributed by atoms with van der Waals surface area (Å²) < 4.78 is 28.4. The molecular formula is C13H19BrCl2N2O2S. The fraction of sp³-hybridized carbons (Fsp3) is 0.538. The van der Waals surface area contributed by atoms with E-state index in [1.807, 2.05) is 0 Å². The summed E-state index contributed by atoms with van der Waals surface area (Å²) in [5.41, 5.74) is 5.74. The Morgan fingerprint density at radius 3 is 2.67 bits per heavy atom. The average Bonchev–Trinajstić information content (AvgIpc) is 2.41. The van der Waals surface area contributed by atoms with Gasteiger partial charge in [-0.1, -0.05) is 40.4 Å². The molecule has 0 aliphatic heterocycles. The van der Waals surface area contributed by atoms with Gasteiger partial charge in [0.15, 0.2) is 0 Å². The molecule has 1 aromatic rings. The molecule has 0 amide bonds. The lowest BCUT2D eigenvalue weighted by molar-refractivity contribution is 0.296. The third kappa shape index (κ3) is 4.81. The van der Waals surface area contributed by atoms with Crippen LogP contribution in [0.25, 0.3) is 0 Å². The van der Waals surface area contributed by atoms with Crippen LogP contribution in [-0.2, 0) is 10.0 Å². The first-order valence-corrected chi connectivity index (χ1v) is 9.27. The lowest BCUT2D eigenvalue weighted by atomic mass is 9.85. The summed E-state index contributed by atoms with van der Waals surface area (Å²) in [5, 5.41) is 0.223. The van der Waals surface area contributed by atoms with Crippen molar-refractivity contribution >= 4 is 50.0 Å². The zero-order chi connectivity index (χ0) is 14.8. The van der Waals surface area contributed by atoms with Gasteiger partial charge in [0.05, 0.1) is 5.02 Å². The van der Waals surface area contributed by atoms with Crippen LogP contribution in [0, 0.1) is 5.92 Å². The number of sulfonamides is 1. The normalized spacial score (nSPS) is 22.6. The van der Waals surface area contributed by atoms with Crippen molar-refractivity contribution in [2.75, 3.05) is 6.54 Å². The lowest BCUT2D eigenvalue weighted by Crippen LogP contribution is -2.44. The lowest BCUT2D eigenvalue weighted by Gasteiger charge is -2.31. The Hall–Kier alpha value is 0.150. The number of halogens is 3. The van der Waals surface area contributed by atoms with Gasteiger partial charge in [-0.25, -0.2) is 13.1 Å². The standard InChI is InChI=1S/C13H18BrClN2O2S.ClH/c14-10-5-6-11(15)13(7-10)20(18,19)17-12-4-2-1-3-9(12)8-16;/h5-7,9,12,17H,1-4,8,16H2;1H. The molecule has 4 nitrogen and oxygen atoms in total. The minimum atomic E-state index is -3.62. The van der Waals surface area contributed by atoms with Crippen LogP contribution in [0.1, 0.15) is 25.7 Å². The van der Waals surface area contributed by atoms with Crippen molar-refractivity contribution in [3.05, 3.63) is 27.7 Å². The van der Waals surface area contributed by atoms with Crippen molar-refractivity contribution in [1.82, 2.24) is 4.72 Å². The molecule has 1 aliphatic carbocycles. The molecule has 3 N–H and O–H groups in total. The van der Waals surface area contributed by atoms with Crippen molar-refractivity contribution < 1.29 is 8.42 Å². The molecular weight excluding hydrogens is 399 g/mol. The van der Waals surface area contributed by atoms with E-state index in [0.717, 1.165) is 25.7 Å². The van der Waals surface area contributed by atoms with E-state index in [9.17, 15) is 8.42 Å². The molecule has 120 valence electrons. The molecule has 1 fully saturated rings. The minimum Gasteiger partial charge on any atom is -0.330 e. The van der Waals surface area contributed by atoms with Crippen LogP contribution in [-0.4, -0.2) is 21.0 Å². The van der Waals surface area contributed by atoms with Crippen LogP contribution in [0.3, 0.4) is 0 Å². The van der Waals surface area contributed by atoms with Gasteiger partial charge in [0, 0.05) is 10.5 Å². The first-order valence-electron chi connectivity index (χ1n) is 6.61. The van der Waals surface area contributed by atoms with Gasteiger partial charge >= 0.3 is 0 Å². The van der Waals surface area contributed by atoms with Gasteiger partial charge in [-0.3, -0.25) is 0 Å². The summed E-state index contributed by atoms with van der Waals surface area (Å²) in [7, 11) is -3.62. The fourth-order valence-corrected chi connectivity index (χ4v) is 4.97. The van der Waals surface area contributed by atoms with E-state index in [4.69, 9.17) is 17.3 Å². The second-order valence-corrected chi connectivity index (χ2v) is 8.09. The topological polar surface area (TPSA) is 72.2 Å². The molecule has 1 aromatic carbocycles. The molecule has 0 spiro atoms. The summed E-state index contributed by atoms with van der Waals surface area (Å²) in [6, 6.07) is 4.70. The van der Waals surface area contributed by atoms with Crippen LogP contribution >= 0.6 is 39.9 Å². The Balaban J connectivity index is 0.00000220. The van der Waals surface area contributed by atoms with E-state index in [2.05, 4.69) is 20.7 Å². The maximum absolute atomic E-state index is 12.5. The largest absolute Gasteiger partial charge is 0.330 e. The van der Waals surface area contributed by atoms with Crippen molar-refractivity contribution in [2.45, 2.75) is 36.6 Å². The highest BCUT2D eigenvalue weighted by Gasteiger charge is 2.29. The summed E-state index contributed by atoms with van der Waals surface area (Å²) in [6.07, 6.45) is 3.93. The fourth-order valence-electron chi connectivity index (χ4n) is 2.59. The van der Waals surface area contributed by atoms with E-state index in [-0.39, 0.29) is 34.3 Å². The SMILES string of the molecule is Cl.NCC1CCCCC1NS(=O)(=O)c1cc(Br)ccc1Cl. The maximum Gasteiger partial charge on any atom is 0.242 e. The van der Waals surface area contributed by atoms with Crippen LogP contribution in [0.15, 0.2) is 27.6 Å². The van der Waals surface area contributed by atoms with Gasteiger partial charge in [-0.2, -0.15) is 0 Å². The second-order valence-electron chi connectivity index (χ2n) is 5.08. The molecule has 0 saturated heterocycles. The molecule has 8 heteroatoms. The highest BCUT2D eigenvalue weighted by Crippen LogP contribution is 2.28. The van der Waals surface area contributed by atoms with E-state index < -0.39 is 10.0 Å². The zero-order valence-corrected chi connectivity index (χ0v) is 15.4. The first-order chi connectivity index (χ1) is 9.44. The third-order valence-corrected chi connectivity index (χ3v) is 6.17.